The molecule has 26 heavy (non-hydrogen) atoms. The van der Waals surface area contributed by atoms with Crippen molar-refractivity contribution in [2.75, 3.05) is 11.1 Å². The number of pyridine rings is 1. The fourth-order valence-electron chi connectivity index (χ4n) is 2.43. The summed E-state index contributed by atoms with van der Waals surface area (Å²) in [6.07, 6.45) is 3.39. The van der Waals surface area contributed by atoms with Gasteiger partial charge in [0.05, 0.1) is 11.4 Å². The van der Waals surface area contributed by atoms with E-state index in [-0.39, 0.29) is 17.3 Å². The zero-order chi connectivity index (χ0) is 18.5. The van der Waals surface area contributed by atoms with E-state index in [9.17, 15) is 9.18 Å². The zero-order valence-electron chi connectivity index (χ0n) is 14.4. The normalized spacial score (nSPS) is 10.7. The van der Waals surface area contributed by atoms with Crippen LogP contribution in [0, 0.1) is 12.7 Å². The van der Waals surface area contributed by atoms with Crippen LogP contribution in [0.4, 0.5) is 10.1 Å². The summed E-state index contributed by atoms with van der Waals surface area (Å²) in [5, 5.41) is 11.6. The van der Waals surface area contributed by atoms with Gasteiger partial charge in [-0.3, -0.25) is 9.78 Å². The van der Waals surface area contributed by atoms with Gasteiger partial charge in [0.25, 0.3) is 0 Å². The third kappa shape index (κ3) is 4.08. The molecule has 0 bridgehead atoms. The second-order valence-corrected chi connectivity index (χ2v) is 6.55. The molecule has 0 aliphatic carbocycles. The van der Waals surface area contributed by atoms with Crippen molar-refractivity contribution in [2.24, 2.45) is 0 Å². The van der Waals surface area contributed by atoms with Crippen LogP contribution in [-0.2, 0) is 11.3 Å². The van der Waals surface area contributed by atoms with Gasteiger partial charge in [-0.2, -0.15) is 0 Å². The van der Waals surface area contributed by atoms with Gasteiger partial charge in [-0.15, -0.1) is 10.2 Å². The highest BCUT2D eigenvalue weighted by Gasteiger charge is 2.15. The molecular weight excluding hydrogens is 353 g/mol. The van der Waals surface area contributed by atoms with Gasteiger partial charge >= 0.3 is 0 Å². The van der Waals surface area contributed by atoms with Crippen molar-refractivity contribution in [3.05, 3.63) is 54.1 Å². The van der Waals surface area contributed by atoms with Gasteiger partial charge in [0, 0.05) is 24.5 Å². The van der Waals surface area contributed by atoms with Gasteiger partial charge in [-0.1, -0.05) is 17.8 Å². The van der Waals surface area contributed by atoms with E-state index in [1.807, 2.05) is 23.6 Å². The Morgan fingerprint density at radius 1 is 1.23 bits per heavy atom. The Hall–Kier alpha value is -2.74. The van der Waals surface area contributed by atoms with Gasteiger partial charge in [0.1, 0.15) is 5.82 Å². The number of aryl methyl sites for hydroxylation is 1. The number of thioether (sulfide) groups is 1. The van der Waals surface area contributed by atoms with E-state index >= 15 is 0 Å². The Bertz CT molecular complexity index is 913. The van der Waals surface area contributed by atoms with Crippen molar-refractivity contribution in [1.82, 2.24) is 19.7 Å². The van der Waals surface area contributed by atoms with Crippen molar-refractivity contribution >= 4 is 23.4 Å². The number of rotatable bonds is 6. The maximum absolute atomic E-state index is 13.8. The van der Waals surface area contributed by atoms with Gasteiger partial charge in [-0.25, -0.2) is 4.39 Å². The third-order valence-corrected chi connectivity index (χ3v) is 4.67. The molecule has 0 spiro atoms. The summed E-state index contributed by atoms with van der Waals surface area (Å²) in [5.41, 5.74) is 1.89. The molecule has 0 aliphatic heterocycles. The molecule has 6 nitrogen and oxygen atoms in total. The van der Waals surface area contributed by atoms with E-state index in [1.165, 1.54) is 17.8 Å². The smallest absolute Gasteiger partial charge is 0.234 e. The maximum Gasteiger partial charge on any atom is 0.234 e. The van der Waals surface area contributed by atoms with Gasteiger partial charge in [0.15, 0.2) is 11.0 Å². The molecule has 0 fully saturated rings. The molecule has 1 amide bonds. The van der Waals surface area contributed by atoms with Crippen molar-refractivity contribution < 1.29 is 9.18 Å². The number of anilines is 1. The Labute approximate surface area is 154 Å². The van der Waals surface area contributed by atoms with Crippen LogP contribution in [0.15, 0.2) is 47.9 Å². The predicted octanol–water partition coefficient (Wildman–Crippen LogP) is 3.54. The summed E-state index contributed by atoms with van der Waals surface area (Å²) in [4.78, 5) is 16.1. The molecule has 2 heterocycles. The standard InChI is InChI=1S/C18H18FN5OS/c1-3-24-17(13-6-8-20-9-7-13)22-23-18(24)26-11-16(25)21-15-5-4-12(2)10-14(15)19/h4-10H,3,11H2,1-2H3,(H,21,25). The highest BCUT2D eigenvalue weighted by Crippen LogP contribution is 2.24. The number of amides is 1. The Morgan fingerprint density at radius 2 is 2.00 bits per heavy atom. The molecule has 3 rings (SSSR count). The molecule has 3 aromatic rings. The summed E-state index contributed by atoms with van der Waals surface area (Å²) < 4.78 is 15.8. The van der Waals surface area contributed by atoms with E-state index in [0.29, 0.717) is 11.7 Å². The van der Waals surface area contributed by atoms with E-state index in [1.54, 1.807) is 31.5 Å². The summed E-state index contributed by atoms with van der Waals surface area (Å²) in [5.74, 6) is 0.0956. The summed E-state index contributed by atoms with van der Waals surface area (Å²) in [6.45, 7) is 4.45. The maximum atomic E-state index is 13.8. The molecule has 0 unspecified atom stereocenters. The Kier molecular flexibility index (Phi) is 5.62. The quantitative estimate of drug-likeness (QED) is 0.671. The number of carbonyl (C=O) groups excluding carboxylic acids is 1. The lowest BCUT2D eigenvalue weighted by atomic mass is 10.2. The molecule has 0 aliphatic rings. The first-order valence-electron chi connectivity index (χ1n) is 8.11. The van der Waals surface area contributed by atoms with Crippen molar-refractivity contribution in [2.45, 2.75) is 25.5 Å². The van der Waals surface area contributed by atoms with Gasteiger partial charge < -0.3 is 9.88 Å². The monoisotopic (exact) mass is 371 g/mol. The third-order valence-electron chi connectivity index (χ3n) is 3.70. The van der Waals surface area contributed by atoms with Crippen LogP contribution in [0.3, 0.4) is 0 Å². The minimum Gasteiger partial charge on any atom is -0.323 e. The number of benzene rings is 1. The second-order valence-electron chi connectivity index (χ2n) is 5.61. The molecule has 8 heteroatoms. The fraction of sp³-hybridized carbons (Fsp3) is 0.222. The molecule has 0 saturated carbocycles. The van der Waals surface area contributed by atoms with Gasteiger partial charge in [0.2, 0.25) is 5.91 Å². The predicted molar refractivity (Wildman–Crippen MR) is 99.4 cm³/mol. The first-order valence-corrected chi connectivity index (χ1v) is 9.09. The van der Waals surface area contributed by atoms with Crippen molar-refractivity contribution in [1.29, 1.82) is 0 Å². The van der Waals surface area contributed by atoms with Crippen LogP contribution >= 0.6 is 11.8 Å². The molecule has 0 atom stereocenters. The fourth-order valence-corrected chi connectivity index (χ4v) is 3.24. The van der Waals surface area contributed by atoms with Crippen LogP contribution < -0.4 is 5.32 Å². The molecule has 134 valence electrons. The zero-order valence-corrected chi connectivity index (χ0v) is 15.3. The number of hydrogen-bond donors (Lipinski definition) is 1. The van der Waals surface area contributed by atoms with Crippen LogP contribution in [0.2, 0.25) is 0 Å². The number of nitrogens with one attached hydrogen (secondary N) is 1. The minimum absolute atomic E-state index is 0.113. The first-order chi connectivity index (χ1) is 12.6. The average Bonchev–Trinajstić information content (AvgIpc) is 3.06. The van der Waals surface area contributed by atoms with Crippen LogP contribution in [0.25, 0.3) is 11.4 Å². The lowest BCUT2D eigenvalue weighted by molar-refractivity contribution is -0.113. The van der Waals surface area contributed by atoms with Crippen LogP contribution in [0.1, 0.15) is 12.5 Å². The summed E-state index contributed by atoms with van der Waals surface area (Å²) >= 11 is 1.26. The highest BCUT2D eigenvalue weighted by molar-refractivity contribution is 7.99. The van der Waals surface area contributed by atoms with E-state index < -0.39 is 5.82 Å². The van der Waals surface area contributed by atoms with Crippen LogP contribution in [-0.4, -0.2) is 31.4 Å². The molecule has 0 radical (unpaired) electrons. The molecule has 1 aromatic carbocycles. The van der Waals surface area contributed by atoms with E-state index in [0.717, 1.165) is 17.0 Å². The number of aromatic nitrogens is 4. The molecule has 1 N–H and O–H groups in total. The highest BCUT2D eigenvalue weighted by atomic mass is 32.2. The number of nitrogens with zero attached hydrogens (tertiary/aromatic N) is 4. The first kappa shape index (κ1) is 18.1. The van der Waals surface area contributed by atoms with Crippen LogP contribution in [0.5, 0.6) is 0 Å². The SMILES string of the molecule is CCn1c(SCC(=O)Nc2ccc(C)cc2F)nnc1-c1ccncc1. The topological polar surface area (TPSA) is 72.7 Å². The van der Waals surface area contributed by atoms with Gasteiger partial charge in [-0.05, 0) is 43.7 Å². The second kappa shape index (κ2) is 8.09. The van der Waals surface area contributed by atoms with E-state index in [2.05, 4.69) is 20.5 Å². The lowest BCUT2D eigenvalue weighted by Crippen LogP contribution is -2.15. The summed E-state index contributed by atoms with van der Waals surface area (Å²) in [7, 11) is 0. The Morgan fingerprint density at radius 3 is 2.69 bits per heavy atom. The minimum atomic E-state index is -0.444. The van der Waals surface area contributed by atoms with Crippen molar-refractivity contribution in [3.63, 3.8) is 0 Å². The molecule has 0 saturated heterocycles. The van der Waals surface area contributed by atoms with Crippen molar-refractivity contribution in [3.8, 4) is 11.4 Å². The average molecular weight is 371 g/mol. The number of halogens is 1. The summed E-state index contributed by atoms with van der Waals surface area (Å²) in [6, 6.07) is 8.41. The largest absolute Gasteiger partial charge is 0.323 e. The lowest BCUT2D eigenvalue weighted by Gasteiger charge is -2.08. The number of carbonyl (C=O) groups is 1. The molecular formula is C18H18FN5OS. The Balaban J connectivity index is 1.68. The van der Waals surface area contributed by atoms with E-state index in [4.69, 9.17) is 0 Å². The molecule has 2 aromatic heterocycles. The number of hydrogen-bond acceptors (Lipinski definition) is 5.